The van der Waals surface area contributed by atoms with Crippen molar-refractivity contribution in [1.82, 2.24) is 14.5 Å². The summed E-state index contributed by atoms with van der Waals surface area (Å²) in [5, 5.41) is 0.172. The minimum atomic E-state index is -3.39. The van der Waals surface area contributed by atoms with Crippen LogP contribution in [0.25, 0.3) is 0 Å². The lowest BCUT2D eigenvalue weighted by Crippen LogP contribution is -2.38. The van der Waals surface area contributed by atoms with Crippen molar-refractivity contribution in [3.05, 3.63) is 47.8 Å². The third-order valence-electron chi connectivity index (χ3n) is 5.94. The Balaban J connectivity index is 1.75. The van der Waals surface area contributed by atoms with Crippen molar-refractivity contribution in [2.24, 2.45) is 5.92 Å². The highest BCUT2D eigenvalue weighted by atomic mass is 32.2. The summed E-state index contributed by atoms with van der Waals surface area (Å²) < 4.78 is 27.1. The molecule has 1 aliphatic heterocycles. The average Bonchev–Trinajstić information content (AvgIpc) is 3.17. The predicted octanol–water partition coefficient (Wildman–Crippen LogP) is 3.50. The standard InChI is InChI=1S/C23H33N3O3S/c1-3-22(27)20-13-9-14-25(17-20)18-21-16-24-23(30(28,29)4-2)26(21)15-8-12-19-10-6-5-7-11-19/h5-7,10-11,16,20H,3-4,8-9,12-15,17-18H2,1-2H3/t20-/m1/s1. The summed E-state index contributed by atoms with van der Waals surface area (Å²) in [5.74, 6) is 0.459. The van der Waals surface area contributed by atoms with Crippen LogP contribution >= 0.6 is 0 Å². The minimum Gasteiger partial charge on any atom is -0.318 e. The number of carbonyl (C=O) groups is 1. The van der Waals surface area contributed by atoms with Crippen LogP contribution in [0.2, 0.25) is 0 Å². The molecule has 1 atom stereocenters. The van der Waals surface area contributed by atoms with Crippen LogP contribution in [0.3, 0.4) is 0 Å². The Morgan fingerprint density at radius 2 is 1.97 bits per heavy atom. The Hall–Kier alpha value is -1.99. The molecule has 1 aromatic carbocycles. The first-order chi connectivity index (χ1) is 14.4. The molecule has 1 aromatic heterocycles. The Morgan fingerprint density at radius 1 is 1.20 bits per heavy atom. The number of imidazole rings is 1. The molecule has 0 aliphatic carbocycles. The Morgan fingerprint density at radius 3 is 2.67 bits per heavy atom. The first-order valence-corrected chi connectivity index (χ1v) is 12.7. The number of Topliss-reactive ketones (excluding diaryl/α,β-unsaturated/α-hetero) is 1. The zero-order valence-electron chi connectivity index (χ0n) is 18.1. The van der Waals surface area contributed by atoms with Crippen LogP contribution in [0.1, 0.15) is 50.8 Å². The van der Waals surface area contributed by atoms with Gasteiger partial charge in [-0.05, 0) is 37.8 Å². The van der Waals surface area contributed by atoms with E-state index in [0.29, 0.717) is 25.3 Å². The van der Waals surface area contributed by atoms with Gasteiger partial charge in [0.1, 0.15) is 5.78 Å². The maximum atomic E-state index is 12.6. The van der Waals surface area contributed by atoms with E-state index in [4.69, 9.17) is 0 Å². The van der Waals surface area contributed by atoms with Crippen LogP contribution in [0.5, 0.6) is 0 Å². The maximum Gasteiger partial charge on any atom is 0.227 e. The summed E-state index contributed by atoms with van der Waals surface area (Å²) in [6, 6.07) is 10.2. The van der Waals surface area contributed by atoms with Crippen molar-refractivity contribution in [2.45, 2.75) is 64.2 Å². The second-order valence-electron chi connectivity index (χ2n) is 8.07. The number of benzene rings is 1. The highest BCUT2D eigenvalue weighted by Crippen LogP contribution is 2.22. The summed E-state index contributed by atoms with van der Waals surface area (Å²) in [4.78, 5) is 18.7. The van der Waals surface area contributed by atoms with Gasteiger partial charge in [-0.1, -0.05) is 44.2 Å². The smallest absolute Gasteiger partial charge is 0.227 e. The van der Waals surface area contributed by atoms with Gasteiger partial charge >= 0.3 is 0 Å². The van der Waals surface area contributed by atoms with Gasteiger partial charge in [-0.3, -0.25) is 9.69 Å². The Bertz CT molecular complexity index is 938. The predicted molar refractivity (Wildman–Crippen MR) is 118 cm³/mol. The first-order valence-electron chi connectivity index (χ1n) is 11.0. The molecule has 0 bridgehead atoms. The van der Waals surface area contributed by atoms with Crippen molar-refractivity contribution < 1.29 is 13.2 Å². The first kappa shape index (κ1) is 22.7. The van der Waals surface area contributed by atoms with E-state index in [1.54, 1.807) is 13.1 Å². The summed E-state index contributed by atoms with van der Waals surface area (Å²) >= 11 is 0. The van der Waals surface area contributed by atoms with Crippen molar-refractivity contribution in [3.8, 4) is 0 Å². The van der Waals surface area contributed by atoms with Gasteiger partial charge in [-0.2, -0.15) is 0 Å². The van der Waals surface area contributed by atoms with E-state index in [1.807, 2.05) is 29.7 Å². The fourth-order valence-electron chi connectivity index (χ4n) is 4.20. The summed E-state index contributed by atoms with van der Waals surface area (Å²) in [6.07, 6.45) is 5.97. The molecule has 0 N–H and O–H groups in total. The molecule has 0 saturated carbocycles. The van der Waals surface area contributed by atoms with Gasteiger partial charge in [-0.15, -0.1) is 0 Å². The molecule has 0 spiro atoms. The number of sulfone groups is 1. The van der Waals surface area contributed by atoms with Gasteiger partial charge < -0.3 is 4.57 Å². The molecule has 7 heteroatoms. The van der Waals surface area contributed by atoms with Crippen molar-refractivity contribution in [3.63, 3.8) is 0 Å². The summed E-state index contributed by atoms with van der Waals surface area (Å²) in [6.45, 7) is 6.50. The lowest BCUT2D eigenvalue weighted by molar-refractivity contribution is -0.124. The Kier molecular flexibility index (Phi) is 7.83. The fourth-order valence-corrected chi connectivity index (χ4v) is 5.22. The monoisotopic (exact) mass is 431 g/mol. The second-order valence-corrected chi connectivity index (χ2v) is 10.2. The molecule has 164 valence electrons. The molecule has 1 saturated heterocycles. The van der Waals surface area contributed by atoms with Crippen LogP contribution in [0.4, 0.5) is 0 Å². The highest BCUT2D eigenvalue weighted by Gasteiger charge is 2.27. The van der Waals surface area contributed by atoms with Gasteiger partial charge in [0.2, 0.25) is 15.0 Å². The number of nitrogens with zero attached hydrogens (tertiary/aromatic N) is 3. The molecular formula is C23H33N3O3S. The third-order valence-corrected chi connectivity index (χ3v) is 7.59. The molecule has 0 amide bonds. The summed E-state index contributed by atoms with van der Waals surface area (Å²) in [7, 11) is -3.39. The SMILES string of the molecule is CCC(=O)[C@@H]1CCCN(Cc2cnc(S(=O)(=O)CC)n2CCCc2ccccc2)C1. The Labute approximate surface area is 180 Å². The zero-order valence-corrected chi connectivity index (χ0v) is 18.9. The molecule has 1 aliphatic rings. The summed E-state index contributed by atoms with van der Waals surface area (Å²) in [5.41, 5.74) is 2.16. The van der Waals surface area contributed by atoms with Crippen LogP contribution in [0, 0.1) is 5.92 Å². The van der Waals surface area contributed by atoms with Gasteiger partial charge in [0.15, 0.2) is 0 Å². The number of ketones is 1. The molecule has 3 rings (SSSR count). The minimum absolute atomic E-state index is 0.0406. The average molecular weight is 432 g/mol. The largest absolute Gasteiger partial charge is 0.318 e. The van der Waals surface area contributed by atoms with Crippen LogP contribution in [-0.2, 0) is 34.1 Å². The van der Waals surface area contributed by atoms with Gasteiger partial charge in [0.05, 0.1) is 17.6 Å². The van der Waals surface area contributed by atoms with Gasteiger partial charge in [0.25, 0.3) is 0 Å². The molecule has 30 heavy (non-hydrogen) atoms. The molecule has 1 fully saturated rings. The number of aromatic nitrogens is 2. The zero-order chi connectivity index (χ0) is 21.6. The van der Waals surface area contributed by atoms with Gasteiger partial charge in [-0.25, -0.2) is 13.4 Å². The van der Waals surface area contributed by atoms with E-state index < -0.39 is 9.84 Å². The number of piperidine rings is 1. The quantitative estimate of drug-likeness (QED) is 0.576. The van der Waals surface area contributed by atoms with E-state index in [1.165, 1.54) is 5.56 Å². The van der Waals surface area contributed by atoms with Gasteiger partial charge in [0, 0.05) is 32.0 Å². The lowest BCUT2D eigenvalue weighted by atomic mass is 9.92. The number of hydrogen-bond donors (Lipinski definition) is 0. The van der Waals surface area contributed by atoms with E-state index >= 15 is 0 Å². The normalized spacial score (nSPS) is 17.9. The number of carbonyl (C=O) groups excluding carboxylic acids is 1. The fraction of sp³-hybridized carbons (Fsp3) is 0.565. The van der Waals surface area contributed by atoms with E-state index in [9.17, 15) is 13.2 Å². The topological polar surface area (TPSA) is 72.3 Å². The molecule has 6 nitrogen and oxygen atoms in total. The molecular weight excluding hydrogens is 398 g/mol. The number of hydrogen-bond acceptors (Lipinski definition) is 5. The highest BCUT2D eigenvalue weighted by molar-refractivity contribution is 7.91. The molecule has 2 heterocycles. The lowest BCUT2D eigenvalue weighted by Gasteiger charge is -2.32. The molecule has 0 unspecified atom stereocenters. The van der Waals surface area contributed by atoms with Crippen LogP contribution in [-0.4, -0.2) is 47.5 Å². The maximum absolute atomic E-state index is 12.6. The number of rotatable bonds is 10. The third kappa shape index (κ3) is 5.58. The van der Waals surface area contributed by atoms with Crippen LogP contribution < -0.4 is 0 Å². The number of likely N-dealkylation sites (tertiary alicyclic amines) is 1. The van der Waals surface area contributed by atoms with Crippen molar-refractivity contribution in [2.75, 3.05) is 18.8 Å². The van der Waals surface area contributed by atoms with Crippen molar-refractivity contribution >= 4 is 15.6 Å². The van der Waals surface area contributed by atoms with Crippen LogP contribution in [0.15, 0.2) is 41.7 Å². The number of aryl methyl sites for hydroxylation is 1. The molecule has 0 radical (unpaired) electrons. The van der Waals surface area contributed by atoms with E-state index in [2.05, 4.69) is 22.0 Å². The van der Waals surface area contributed by atoms with E-state index in [-0.39, 0.29) is 16.8 Å². The molecule has 2 aromatic rings. The van der Waals surface area contributed by atoms with E-state index in [0.717, 1.165) is 44.5 Å². The second kappa shape index (κ2) is 10.4. The van der Waals surface area contributed by atoms with Crippen molar-refractivity contribution in [1.29, 1.82) is 0 Å².